The van der Waals surface area contributed by atoms with Crippen molar-refractivity contribution >= 4 is 17.4 Å². The van der Waals surface area contributed by atoms with E-state index in [-0.39, 0.29) is 11.7 Å². The van der Waals surface area contributed by atoms with Crippen molar-refractivity contribution in [2.75, 3.05) is 19.5 Å². The molecule has 25 heavy (non-hydrogen) atoms. The molecule has 5 nitrogen and oxygen atoms in total. The van der Waals surface area contributed by atoms with Crippen LogP contribution >= 0.6 is 0 Å². The number of carbonyl (C=O) groups excluding carboxylic acids is 2. The lowest BCUT2D eigenvalue weighted by Crippen LogP contribution is -2.34. The molecule has 132 valence electrons. The van der Waals surface area contributed by atoms with Crippen LogP contribution in [0.4, 0.5) is 5.69 Å². The topological polar surface area (TPSA) is 64.6 Å². The molecular weight excluding hydrogens is 318 g/mol. The van der Waals surface area contributed by atoms with Gasteiger partial charge in [0, 0.05) is 11.3 Å². The summed E-state index contributed by atoms with van der Waals surface area (Å²) in [6.07, 6.45) is 0. The fourth-order valence-electron chi connectivity index (χ4n) is 2.43. The zero-order valence-electron chi connectivity index (χ0n) is 15.2. The van der Waals surface area contributed by atoms with E-state index in [0.29, 0.717) is 22.7 Å². The van der Waals surface area contributed by atoms with E-state index >= 15 is 0 Å². The van der Waals surface area contributed by atoms with Gasteiger partial charge in [-0.15, -0.1) is 0 Å². The van der Waals surface area contributed by atoms with Crippen LogP contribution in [0.25, 0.3) is 0 Å². The molecule has 0 aliphatic rings. The Morgan fingerprint density at radius 2 is 1.52 bits per heavy atom. The molecule has 0 bridgehead atoms. The van der Waals surface area contributed by atoms with Gasteiger partial charge >= 0.3 is 0 Å². The molecule has 0 radical (unpaired) electrons. The molecule has 0 aliphatic heterocycles. The number of ketones is 1. The van der Waals surface area contributed by atoms with Gasteiger partial charge in [-0.2, -0.15) is 0 Å². The van der Waals surface area contributed by atoms with E-state index in [0.717, 1.165) is 5.56 Å². The number of carbonyl (C=O) groups is 2. The fourth-order valence-corrected chi connectivity index (χ4v) is 2.43. The van der Waals surface area contributed by atoms with E-state index < -0.39 is 5.41 Å². The summed E-state index contributed by atoms with van der Waals surface area (Å²) in [6.45, 7) is 5.19. The summed E-state index contributed by atoms with van der Waals surface area (Å²) in [5, 5.41) is 2.89. The van der Waals surface area contributed by atoms with Crippen LogP contribution in [-0.2, 0) is 10.2 Å². The maximum atomic E-state index is 12.8. The Morgan fingerprint density at radius 1 is 0.920 bits per heavy atom. The minimum atomic E-state index is -0.779. The zero-order valence-corrected chi connectivity index (χ0v) is 15.2. The van der Waals surface area contributed by atoms with Crippen molar-refractivity contribution in [3.8, 4) is 11.5 Å². The van der Waals surface area contributed by atoms with Crippen molar-refractivity contribution in [2.24, 2.45) is 0 Å². The summed E-state index contributed by atoms with van der Waals surface area (Å²) < 4.78 is 10.6. The molecule has 2 aromatic carbocycles. The zero-order chi connectivity index (χ0) is 18.6. The third-order valence-corrected chi connectivity index (χ3v) is 4.22. The first-order chi connectivity index (χ1) is 11.8. The van der Waals surface area contributed by atoms with Gasteiger partial charge < -0.3 is 14.8 Å². The number of anilines is 1. The number of rotatable bonds is 6. The monoisotopic (exact) mass is 341 g/mol. The van der Waals surface area contributed by atoms with Crippen molar-refractivity contribution < 1.29 is 19.1 Å². The van der Waals surface area contributed by atoms with Crippen LogP contribution in [0.1, 0.15) is 36.7 Å². The van der Waals surface area contributed by atoms with E-state index in [4.69, 9.17) is 9.47 Å². The van der Waals surface area contributed by atoms with Gasteiger partial charge in [-0.05, 0) is 62.7 Å². The van der Waals surface area contributed by atoms with Crippen molar-refractivity contribution in [3.63, 3.8) is 0 Å². The van der Waals surface area contributed by atoms with Gasteiger partial charge in [-0.1, -0.05) is 6.07 Å². The first-order valence-corrected chi connectivity index (χ1v) is 7.94. The molecule has 0 aliphatic carbocycles. The molecule has 0 saturated heterocycles. The summed E-state index contributed by atoms with van der Waals surface area (Å²) in [4.78, 5) is 24.1. The summed E-state index contributed by atoms with van der Waals surface area (Å²) in [6, 6.07) is 12.3. The predicted octanol–water partition coefficient (Wildman–Crippen LogP) is 3.82. The molecule has 0 spiro atoms. The van der Waals surface area contributed by atoms with Gasteiger partial charge in [-0.25, -0.2) is 0 Å². The molecule has 0 heterocycles. The van der Waals surface area contributed by atoms with Crippen molar-refractivity contribution in [1.82, 2.24) is 0 Å². The van der Waals surface area contributed by atoms with E-state index in [1.807, 2.05) is 19.9 Å². The second-order valence-electron chi connectivity index (χ2n) is 6.28. The highest BCUT2D eigenvalue weighted by atomic mass is 16.5. The van der Waals surface area contributed by atoms with Crippen LogP contribution < -0.4 is 14.8 Å². The number of benzene rings is 2. The van der Waals surface area contributed by atoms with Crippen LogP contribution in [-0.4, -0.2) is 25.9 Å². The van der Waals surface area contributed by atoms with Gasteiger partial charge in [0.15, 0.2) is 17.3 Å². The lowest BCUT2D eigenvalue weighted by molar-refractivity contribution is -0.120. The third-order valence-electron chi connectivity index (χ3n) is 4.22. The molecule has 2 rings (SSSR count). The molecule has 2 aromatic rings. The number of ether oxygens (including phenoxy) is 2. The van der Waals surface area contributed by atoms with Gasteiger partial charge in [0.2, 0.25) is 5.91 Å². The number of Topliss-reactive ketones (excluding diaryl/α,β-unsaturated/α-hetero) is 1. The van der Waals surface area contributed by atoms with Crippen molar-refractivity contribution in [3.05, 3.63) is 53.6 Å². The highest BCUT2D eigenvalue weighted by Crippen LogP contribution is 2.33. The molecule has 0 unspecified atom stereocenters. The van der Waals surface area contributed by atoms with Gasteiger partial charge in [0.05, 0.1) is 19.6 Å². The molecule has 1 amide bonds. The Labute approximate surface area is 148 Å². The highest BCUT2D eigenvalue weighted by molar-refractivity contribution is 5.99. The normalized spacial score (nSPS) is 10.9. The maximum absolute atomic E-state index is 12.8. The average Bonchev–Trinajstić information content (AvgIpc) is 2.61. The van der Waals surface area contributed by atoms with E-state index in [9.17, 15) is 9.59 Å². The van der Waals surface area contributed by atoms with Crippen LogP contribution in [0.15, 0.2) is 42.5 Å². The van der Waals surface area contributed by atoms with Crippen LogP contribution in [0.2, 0.25) is 0 Å². The molecular formula is C20H23NO4. The largest absolute Gasteiger partial charge is 0.493 e. The number of methoxy groups -OCH3 is 2. The Kier molecular flexibility index (Phi) is 5.47. The smallest absolute Gasteiger partial charge is 0.234 e. The Morgan fingerprint density at radius 3 is 2.04 bits per heavy atom. The van der Waals surface area contributed by atoms with Gasteiger partial charge in [0.1, 0.15) is 0 Å². The molecule has 1 N–H and O–H groups in total. The summed E-state index contributed by atoms with van der Waals surface area (Å²) >= 11 is 0. The number of nitrogens with one attached hydrogen (secondary N) is 1. The minimum Gasteiger partial charge on any atom is -0.493 e. The van der Waals surface area contributed by atoms with Crippen LogP contribution in [0, 0.1) is 0 Å². The van der Waals surface area contributed by atoms with Crippen LogP contribution in [0.3, 0.4) is 0 Å². The Hall–Kier alpha value is -2.82. The minimum absolute atomic E-state index is 0.0106. The second-order valence-corrected chi connectivity index (χ2v) is 6.28. The summed E-state index contributed by atoms with van der Waals surface area (Å²) in [5.41, 5.74) is 1.28. The van der Waals surface area contributed by atoms with Crippen molar-refractivity contribution in [1.29, 1.82) is 0 Å². The number of hydrogen-bond acceptors (Lipinski definition) is 4. The molecule has 0 fully saturated rings. The fraction of sp³-hybridized carbons (Fsp3) is 0.300. The van der Waals surface area contributed by atoms with E-state index in [2.05, 4.69) is 5.32 Å². The van der Waals surface area contributed by atoms with Crippen molar-refractivity contribution in [2.45, 2.75) is 26.2 Å². The maximum Gasteiger partial charge on any atom is 0.234 e. The lowest BCUT2D eigenvalue weighted by atomic mass is 9.83. The Bertz CT molecular complexity index is 779. The quantitative estimate of drug-likeness (QED) is 0.811. The summed E-state index contributed by atoms with van der Waals surface area (Å²) in [5.74, 6) is 1.02. The van der Waals surface area contributed by atoms with Gasteiger partial charge in [-0.3, -0.25) is 9.59 Å². The molecule has 0 aromatic heterocycles. The molecule has 0 saturated carbocycles. The third kappa shape index (κ3) is 3.99. The SMILES string of the molecule is COc1ccc(C(C)(C)C(=O)Nc2ccc(C(C)=O)cc2)cc1OC. The first-order valence-electron chi connectivity index (χ1n) is 7.94. The summed E-state index contributed by atoms with van der Waals surface area (Å²) in [7, 11) is 3.13. The van der Waals surface area contributed by atoms with E-state index in [1.54, 1.807) is 50.6 Å². The number of hydrogen-bond donors (Lipinski definition) is 1. The first kappa shape index (κ1) is 18.5. The molecule has 5 heteroatoms. The Balaban J connectivity index is 2.23. The predicted molar refractivity (Wildman–Crippen MR) is 97.6 cm³/mol. The van der Waals surface area contributed by atoms with Crippen LogP contribution in [0.5, 0.6) is 11.5 Å². The molecule has 0 atom stereocenters. The lowest BCUT2D eigenvalue weighted by Gasteiger charge is -2.25. The standard InChI is InChI=1S/C20H23NO4/c1-13(22)14-6-9-16(10-7-14)21-19(23)20(2,3)15-8-11-17(24-4)18(12-15)25-5/h6-12H,1-5H3,(H,21,23). The number of amides is 1. The van der Waals surface area contributed by atoms with Gasteiger partial charge in [0.25, 0.3) is 0 Å². The second kappa shape index (κ2) is 7.38. The highest BCUT2D eigenvalue weighted by Gasteiger charge is 2.30. The van der Waals surface area contributed by atoms with E-state index in [1.165, 1.54) is 6.92 Å². The average molecular weight is 341 g/mol.